The number of aryl methyl sites for hydroxylation is 2. The Balaban J connectivity index is 2.25. The number of nitrogens with two attached hydrogens (primary N) is 1. The van der Waals surface area contributed by atoms with Gasteiger partial charge in [0.15, 0.2) is 0 Å². The summed E-state index contributed by atoms with van der Waals surface area (Å²) in [6.45, 7) is 6.67. The second kappa shape index (κ2) is 6.80. The molecule has 1 saturated carbocycles. The van der Waals surface area contributed by atoms with E-state index in [0.29, 0.717) is 17.4 Å². The molecule has 0 amide bonds. The molecule has 1 unspecified atom stereocenters. The summed E-state index contributed by atoms with van der Waals surface area (Å²) < 4.78 is 3.12. The van der Waals surface area contributed by atoms with Crippen LogP contribution in [-0.4, -0.2) is 15.8 Å². The van der Waals surface area contributed by atoms with Gasteiger partial charge in [-0.25, -0.2) is 0 Å². The number of rotatable bonds is 6. The summed E-state index contributed by atoms with van der Waals surface area (Å²) in [4.78, 5) is 0. The molecule has 21 heavy (non-hydrogen) atoms. The number of nitrogens with zero attached hydrogens (tertiary/aromatic N) is 2. The lowest BCUT2D eigenvalue weighted by Gasteiger charge is -2.39. The summed E-state index contributed by atoms with van der Waals surface area (Å²) in [5, 5.41) is 4.51. The highest BCUT2D eigenvalue weighted by Crippen LogP contribution is 2.46. The van der Waals surface area contributed by atoms with E-state index >= 15 is 0 Å². The first-order chi connectivity index (χ1) is 9.89. The van der Waals surface area contributed by atoms with Gasteiger partial charge in [-0.2, -0.15) is 5.10 Å². The smallest absolute Gasteiger partial charge is 0.0738 e. The van der Waals surface area contributed by atoms with E-state index in [0.717, 1.165) is 16.6 Å². The minimum atomic E-state index is 0.313. The highest BCUT2D eigenvalue weighted by molar-refractivity contribution is 9.10. The molecular weight excluding hydrogens is 328 g/mol. The fourth-order valence-electron chi connectivity index (χ4n) is 4.13. The molecule has 1 aliphatic rings. The Morgan fingerprint density at radius 1 is 1.38 bits per heavy atom. The highest BCUT2D eigenvalue weighted by atomic mass is 79.9. The van der Waals surface area contributed by atoms with Gasteiger partial charge in [0, 0.05) is 19.5 Å². The van der Waals surface area contributed by atoms with Crippen LogP contribution in [0.1, 0.15) is 57.3 Å². The zero-order valence-electron chi connectivity index (χ0n) is 13.7. The van der Waals surface area contributed by atoms with Gasteiger partial charge in [-0.1, -0.05) is 26.7 Å². The molecule has 1 aromatic rings. The van der Waals surface area contributed by atoms with Crippen molar-refractivity contribution in [1.82, 2.24) is 15.2 Å². The average molecular weight is 357 g/mol. The van der Waals surface area contributed by atoms with Gasteiger partial charge in [-0.3, -0.25) is 16.0 Å². The van der Waals surface area contributed by atoms with Crippen molar-refractivity contribution < 1.29 is 0 Å². The normalized spacial score (nSPS) is 19.4. The highest BCUT2D eigenvalue weighted by Gasteiger charge is 2.41. The van der Waals surface area contributed by atoms with E-state index in [1.165, 1.54) is 37.8 Å². The molecule has 2 rings (SSSR count). The standard InChI is InChI=1S/C16H29BrN4/c1-11(2)10-16(7-5-6-8-16)14(19-18)9-13-15(17)12(3)20-21(13)4/h11,14,19H,5-10,18H2,1-4H3. The Morgan fingerprint density at radius 3 is 2.43 bits per heavy atom. The predicted octanol–water partition coefficient (Wildman–Crippen LogP) is 3.47. The van der Waals surface area contributed by atoms with Crippen LogP contribution in [-0.2, 0) is 13.5 Å². The van der Waals surface area contributed by atoms with Gasteiger partial charge in [0.25, 0.3) is 0 Å². The summed E-state index contributed by atoms with van der Waals surface area (Å²) in [7, 11) is 2.02. The first-order valence-electron chi connectivity index (χ1n) is 8.03. The van der Waals surface area contributed by atoms with Gasteiger partial charge < -0.3 is 0 Å². The van der Waals surface area contributed by atoms with Gasteiger partial charge >= 0.3 is 0 Å². The SMILES string of the molecule is Cc1nn(C)c(CC(NN)C2(CC(C)C)CCCC2)c1Br. The second-order valence-corrected chi connectivity index (χ2v) is 7.85. The molecular formula is C16H29BrN4. The van der Waals surface area contributed by atoms with E-state index < -0.39 is 0 Å². The molecule has 1 aliphatic carbocycles. The first kappa shape index (κ1) is 17.0. The fourth-order valence-corrected chi connectivity index (χ4v) is 4.63. The van der Waals surface area contributed by atoms with Crippen molar-refractivity contribution in [3.63, 3.8) is 0 Å². The summed E-state index contributed by atoms with van der Waals surface area (Å²) in [5.41, 5.74) is 5.76. The number of nitrogens with one attached hydrogen (secondary N) is 1. The van der Waals surface area contributed by atoms with Crippen molar-refractivity contribution in [2.24, 2.45) is 24.2 Å². The lowest BCUT2D eigenvalue weighted by Crippen LogP contribution is -2.49. The maximum atomic E-state index is 5.97. The van der Waals surface area contributed by atoms with E-state index in [-0.39, 0.29) is 0 Å². The molecule has 1 fully saturated rings. The van der Waals surface area contributed by atoms with Gasteiger partial charge in [0.05, 0.1) is 15.9 Å². The molecule has 120 valence electrons. The Kier molecular flexibility index (Phi) is 5.49. The van der Waals surface area contributed by atoms with Crippen LogP contribution in [0, 0.1) is 18.3 Å². The van der Waals surface area contributed by atoms with Crippen molar-refractivity contribution in [2.45, 2.75) is 65.3 Å². The molecule has 1 aromatic heterocycles. The van der Waals surface area contributed by atoms with Crippen LogP contribution >= 0.6 is 15.9 Å². The topological polar surface area (TPSA) is 55.9 Å². The first-order valence-corrected chi connectivity index (χ1v) is 8.83. The van der Waals surface area contributed by atoms with Crippen LogP contribution in [0.3, 0.4) is 0 Å². The molecule has 3 N–H and O–H groups in total. The number of aromatic nitrogens is 2. The third kappa shape index (κ3) is 3.51. The summed E-state index contributed by atoms with van der Waals surface area (Å²) in [5.74, 6) is 6.68. The molecule has 0 saturated heterocycles. The van der Waals surface area contributed by atoms with Crippen LogP contribution in [0.4, 0.5) is 0 Å². The van der Waals surface area contributed by atoms with E-state index in [1.807, 2.05) is 18.7 Å². The lowest BCUT2D eigenvalue weighted by atomic mass is 9.71. The number of hydrazine groups is 1. The Hall–Kier alpha value is -0.390. The molecule has 1 heterocycles. The van der Waals surface area contributed by atoms with Gasteiger partial charge in [-0.05, 0) is 53.4 Å². The molecule has 0 radical (unpaired) electrons. The van der Waals surface area contributed by atoms with E-state index in [9.17, 15) is 0 Å². The van der Waals surface area contributed by atoms with Crippen LogP contribution in [0.2, 0.25) is 0 Å². The van der Waals surface area contributed by atoms with E-state index in [4.69, 9.17) is 5.84 Å². The number of hydrogen-bond acceptors (Lipinski definition) is 3. The molecule has 0 bridgehead atoms. The van der Waals surface area contributed by atoms with Crippen LogP contribution in [0.5, 0.6) is 0 Å². The third-order valence-corrected chi connectivity index (χ3v) is 6.05. The molecule has 0 spiro atoms. The Labute approximate surface area is 137 Å². The van der Waals surface area contributed by atoms with Gasteiger partial charge in [0.1, 0.15) is 0 Å². The van der Waals surface area contributed by atoms with Crippen LogP contribution < -0.4 is 11.3 Å². The maximum Gasteiger partial charge on any atom is 0.0738 e. The average Bonchev–Trinajstić information content (AvgIpc) is 2.95. The van der Waals surface area contributed by atoms with Gasteiger partial charge in [0.2, 0.25) is 0 Å². The largest absolute Gasteiger partial charge is 0.271 e. The lowest BCUT2D eigenvalue weighted by molar-refractivity contribution is 0.152. The van der Waals surface area contributed by atoms with E-state index in [2.05, 4.69) is 40.3 Å². The van der Waals surface area contributed by atoms with Crippen LogP contribution in [0.25, 0.3) is 0 Å². The van der Waals surface area contributed by atoms with Gasteiger partial charge in [-0.15, -0.1) is 0 Å². The molecule has 4 nitrogen and oxygen atoms in total. The minimum absolute atomic E-state index is 0.313. The van der Waals surface area contributed by atoms with Crippen molar-refractivity contribution in [2.75, 3.05) is 0 Å². The van der Waals surface area contributed by atoms with Crippen molar-refractivity contribution in [3.8, 4) is 0 Å². The maximum absolute atomic E-state index is 5.97. The Bertz CT molecular complexity index is 475. The van der Waals surface area contributed by atoms with Crippen LogP contribution in [0.15, 0.2) is 4.47 Å². The third-order valence-electron chi connectivity index (χ3n) is 5.01. The summed E-state index contributed by atoms with van der Waals surface area (Å²) in [6, 6.07) is 0.313. The predicted molar refractivity (Wildman–Crippen MR) is 90.8 cm³/mol. The zero-order chi connectivity index (χ0) is 15.6. The summed E-state index contributed by atoms with van der Waals surface area (Å²) >= 11 is 3.68. The fraction of sp³-hybridized carbons (Fsp3) is 0.812. The molecule has 0 aliphatic heterocycles. The van der Waals surface area contributed by atoms with Crippen molar-refractivity contribution in [3.05, 3.63) is 15.9 Å². The molecule has 1 atom stereocenters. The molecule has 0 aromatic carbocycles. The van der Waals surface area contributed by atoms with Crippen molar-refractivity contribution in [1.29, 1.82) is 0 Å². The minimum Gasteiger partial charge on any atom is -0.271 e. The number of hydrogen-bond donors (Lipinski definition) is 2. The second-order valence-electron chi connectivity index (χ2n) is 7.06. The molecule has 5 heteroatoms. The quantitative estimate of drug-likeness (QED) is 0.605. The number of halogens is 1. The monoisotopic (exact) mass is 356 g/mol. The Morgan fingerprint density at radius 2 is 2.00 bits per heavy atom. The summed E-state index contributed by atoms with van der Waals surface area (Å²) in [6.07, 6.45) is 7.41. The van der Waals surface area contributed by atoms with Crippen molar-refractivity contribution >= 4 is 15.9 Å². The van der Waals surface area contributed by atoms with E-state index in [1.54, 1.807) is 0 Å². The zero-order valence-corrected chi connectivity index (χ0v) is 15.3.